The van der Waals surface area contributed by atoms with Gasteiger partial charge in [-0.1, -0.05) is 11.6 Å². The maximum absolute atomic E-state index is 13.9. The lowest BCUT2D eigenvalue weighted by Crippen LogP contribution is -2.73. The fourth-order valence-electron chi connectivity index (χ4n) is 5.63. The molecule has 1 aromatic carbocycles. The lowest BCUT2D eigenvalue weighted by atomic mass is 9.73. The third-order valence-electron chi connectivity index (χ3n) is 7.52. The molecule has 1 spiro atoms. The standard InChI is InChI=1S/C23H22ClF3N8/c1-13-16(25)6-28-20(29-13)33-9-22(10-33)11-34(12-22)21-31-30-19-8-32(18-5-23(18,26)27)7-14-4-15(24)2-3-17(14)35(19)21/h2-4,6,18H,5,7-12H2,1H3. The Bertz CT molecular complexity index is 1350. The fraction of sp³-hybridized carbons (Fsp3) is 0.478. The number of nitrogens with zero attached hydrogens (tertiary/aromatic N) is 8. The normalized spacial score (nSPS) is 23.9. The van der Waals surface area contributed by atoms with Crippen LogP contribution in [0.2, 0.25) is 5.02 Å². The van der Waals surface area contributed by atoms with E-state index in [9.17, 15) is 13.2 Å². The van der Waals surface area contributed by atoms with Gasteiger partial charge in [-0.25, -0.2) is 23.1 Å². The average Bonchev–Trinajstić information content (AvgIpc) is 3.27. The molecular weight excluding hydrogens is 481 g/mol. The van der Waals surface area contributed by atoms with Crippen LogP contribution < -0.4 is 9.80 Å². The number of anilines is 2. The molecule has 35 heavy (non-hydrogen) atoms. The maximum atomic E-state index is 13.9. The van der Waals surface area contributed by atoms with Gasteiger partial charge >= 0.3 is 0 Å². The fourth-order valence-corrected chi connectivity index (χ4v) is 5.83. The number of alkyl halides is 2. The van der Waals surface area contributed by atoms with E-state index in [0.29, 0.717) is 41.5 Å². The molecule has 12 heteroatoms. The molecule has 7 rings (SSSR count). The van der Waals surface area contributed by atoms with E-state index in [2.05, 4.69) is 30.0 Å². The Kier molecular flexibility index (Phi) is 4.32. The van der Waals surface area contributed by atoms with Crippen LogP contribution in [0.5, 0.6) is 0 Å². The number of halogens is 4. The summed E-state index contributed by atoms with van der Waals surface area (Å²) in [5.41, 5.74) is 2.19. The van der Waals surface area contributed by atoms with Gasteiger partial charge in [0.05, 0.1) is 30.2 Å². The summed E-state index contributed by atoms with van der Waals surface area (Å²) in [6.45, 7) is 5.46. The molecule has 3 aliphatic heterocycles. The van der Waals surface area contributed by atoms with E-state index in [1.54, 1.807) is 17.9 Å². The van der Waals surface area contributed by atoms with Crippen molar-refractivity contribution in [2.45, 2.75) is 38.4 Å². The molecule has 0 radical (unpaired) electrons. The van der Waals surface area contributed by atoms with Gasteiger partial charge in [-0.2, -0.15) is 0 Å². The van der Waals surface area contributed by atoms with Crippen LogP contribution in [0.15, 0.2) is 24.4 Å². The van der Waals surface area contributed by atoms with E-state index >= 15 is 0 Å². The predicted molar refractivity (Wildman–Crippen MR) is 123 cm³/mol. The monoisotopic (exact) mass is 502 g/mol. The van der Waals surface area contributed by atoms with Crippen LogP contribution in [-0.4, -0.2) is 67.8 Å². The number of rotatable bonds is 3. The van der Waals surface area contributed by atoms with Crippen molar-refractivity contribution in [1.29, 1.82) is 0 Å². The molecule has 182 valence electrons. The van der Waals surface area contributed by atoms with E-state index < -0.39 is 17.8 Å². The van der Waals surface area contributed by atoms with Crippen molar-refractivity contribution < 1.29 is 13.2 Å². The second-order valence-corrected chi connectivity index (χ2v) is 10.7. The van der Waals surface area contributed by atoms with Crippen molar-refractivity contribution in [3.8, 4) is 5.69 Å². The maximum Gasteiger partial charge on any atom is 0.265 e. The van der Waals surface area contributed by atoms with E-state index in [4.69, 9.17) is 11.6 Å². The number of hydrogen-bond donors (Lipinski definition) is 0. The highest BCUT2D eigenvalue weighted by atomic mass is 35.5. The smallest absolute Gasteiger partial charge is 0.265 e. The topological polar surface area (TPSA) is 66.2 Å². The van der Waals surface area contributed by atoms with Crippen molar-refractivity contribution >= 4 is 23.5 Å². The molecule has 8 nitrogen and oxygen atoms in total. The van der Waals surface area contributed by atoms with Crippen LogP contribution in [-0.2, 0) is 13.1 Å². The highest BCUT2D eigenvalue weighted by molar-refractivity contribution is 6.30. The first-order valence-corrected chi connectivity index (χ1v) is 11.9. The third-order valence-corrected chi connectivity index (χ3v) is 7.76. The van der Waals surface area contributed by atoms with Crippen molar-refractivity contribution in [2.24, 2.45) is 5.41 Å². The van der Waals surface area contributed by atoms with Crippen LogP contribution in [0, 0.1) is 18.2 Å². The molecule has 5 heterocycles. The van der Waals surface area contributed by atoms with E-state index in [1.165, 1.54) is 6.20 Å². The summed E-state index contributed by atoms with van der Waals surface area (Å²) in [4.78, 5) is 14.4. The number of aryl methyl sites for hydroxylation is 1. The van der Waals surface area contributed by atoms with E-state index in [0.717, 1.165) is 37.4 Å². The van der Waals surface area contributed by atoms with E-state index in [-0.39, 0.29) is 11.8 Å². The van der Waals surface area contributed by atoms with Gasteiger partial charge in [-0.15, -0.1) is 10.2 Å². The SMILES string of the molecule is Cc1nc(N2CC3(C2)CN(c2nnc4n2-c2ccc(Cl)cc2CN(C2CC2(F)F)C4)C3)ncc1F. The van der Waals surface area contributed by atoms with Crippen LogP contribution in [0.4, 0.5) is 25.1 Å². The second kappa shape index (κ2) is 7.07. The van der Waals surface area contributed by atoms with Gasteiger partial charge in [0.25, 0.3) is 5.92 Å². The van der Waals surface area contributed by atoms with Crippen molar-refractivity contribution in [1.82, 2.24) is 29.6 Å². The molecule has 4 aliphatic rings. The number of hydrogen-bond acceptors (Lipinski definition) is 7. The first kappa shape index (κ1) is 21.4. The summed E-state index contributed by atoms with van der Waals surface area (Å²) in [7, 11) is 0. The molecule has 1 atom stereocenters. The Balaban J connectivity index is 1.13. The zero-order valence-corrected chi connectivity index (χ0v) is 19.7. The van der Waals surface area contributed by atoms with Gasteiger partial charge in [0.1, 0.15) is 0 Å². The molecule has 2 saturated heterocycles. The van der Waals surface area contributed by atoms with Crippen molar-refractivity contribution in [2.75, 3.05) is 36.0 Å². The lowest BCUT2D eigenvalue weighted by Gasteiger charge is -2.60. The molecule has 0 bridgehead atoms. The third kappa shape index (κ3) is 3.31. The predicted octanol–water partition coefficient (Wildman–Crippen LogP) is 3.21. The number of benzene rings is 1. The Morgan fingerprint density at radius 2 is 1.80 bits per heavy atom. The molecule has 0 N–H and O–H groups in total. The Hall–Kier alpha value is -2.92. The molecular formula is C23H22ClF3N8. The summed E-state index contributed by atoms with van der Waals surface area (Å²) in [5, 5.41) is 9.44. The molecule has 1 saturated carbocycles. The van der Waals surface area contributed by atoms with Crippen LogP contribution in [0.3, 0.4) is 0 Å². The van der Waals surface area contributed by atoms with E-state index in [1.807, 2.05) is 16.7 Å². The Labute approximate surface area is 204 Å². The van der Waals surface area contributed by atoms with Crippen LogP contribution in [0.25, 0.3) is 5.69 Å². The summed E-state index contributed by atoms with van der Waals surface area (Å²) >= 11 is 6.26. The molecule has 3 fully saturated rings. The minimum atomic E-state index is -2.66. The molecule has 1 aliphatic carbocycles. The van der Waals surface area contributed by atoms with Crippen LogP contribution in [0.1, 0.15) is 23.5 Å². The van der Waals surface area contributed by atoms with Gasteiger partial charge < -0.3 is 9.80 Å². The zero-order valence-electron chi connectivity index (χ0n) is 18.9. The minimum absolute atomic E-state index is 0.0910. The second-order valence-electron chi connectivity index (χ2n) is 10.2. The van der Waals surface area contributed by atoms with Gasteiger partial charge in [0.2, 0.25) is 11.9 Å². The summed E-state index contributed by atoms with van der Waals surface area (Å²) < 4.78 is 43.3. The minimum Gasteiger partial charge on any atom is -0.339 e. The van der Waals surface area contributed by atoms with Crippen molar-refractivity contribution in [3.05, 3.63) is 52.3 Å². The molecule has 1 unspecified atom stereocenters. The van der Waals surface area contributed by atoms with Crippen molar-refractivity contribution in [3.63, 3.8) is 0 Å². The lowest BCUT2D eigenvalue weighted by molar-refractivity contribution is 0.0663. The highest BCUT2D eigenvalue weighted by Crippen LogP contribution is 2.48. The first-order valence-electron chi connectivity index (χ1n) is 11.6. The average molecular weight is 503 g/mol. The Morgan fingerprint density at radius 3 is 2.51 bits per heavy atom. The summed E-state index contributed by atoms with van der Waals surface area (Å²) in [6.07, 6.45) is 1.08. The molecule has 2 aromatic heterocycles. The highest BCUT2D eigenvalue weighted by Gasteiger charge is 2.60. The van der Waals surface area contributed by atoms with Gasteiger partial charge in [0.15, 0.2) is 11.6 Å². The van der Waals surface area contributed by atoms with Gasteiger partial charge in [-0.05, 0) is 30.7 Å². The summed E-state index contributed by atoms with van der Waals surface area (Å²) in [5.74, 6) is -1.16. The largest absolute Gasteiger partial charge is 0.339 e. The quantitative estimate of drug-likeness (QED) is 0.545. The Morgan fingerprint density at radius 1 is 1.06 bits per heavy atom. The van der Waals surface area contributed by atoms with Gasteiger partial charge in [-0.3, -0.25) is 9.47 Å². The first-order chi connectivity index (χ1) is 16.7. The van der Waals surface area contributed by atoms with Gasteiger partial charge in [0, 0.05) is 49.6 Å². The number of fused-ring (bicyclic) bond motifs is 3. The number of aromatic nitrogens is 5. The molecule has 3 aromatic rings. The summed E-state index contributed by atoms with van der Waals surface area (Å²) in [6, 6.07) is 4.78. The zero-order chi connectivity index (χ0) is 24.1. The van der Waals surface area contributed by atoms with Crippen LogP contribution >= 0.6 is 11.6 Å². The molecule has 0 amide bonds.